The van der Waals surface area contributed by atoms with Crippen LogP contribution >= 0.6 is 0 Å². The zero-order valence-electron chi connectivity index (χ0n) is 17.4. The Hall–Kier alpha value is -2.68. The summed E-state index contributed by atoms with van der Waals surface area (Å²) in [6.45, 7) is 3.39. The van der Waals surface area contributed by atoms with Crippen molar-refractivity contribution in [1.82, 2.24) is 19.4 Å². The molecule has 1 aliphatic carbocycles. The summed E-state index contributed by atoms with van der Waals surface area (Å²) >= 11 is 0. The van der Waals surface area contributed by atoms with Crippen LogP contribution in [0.25, 0.3) is 16.8 Å². The largest absolute Gasteiger partial charge is 0.433 e. The molecule has 3 aromatic heterocycles. The van der Waals surface area contributed by atoms with Gasteiger partial charge in [-0.1, -0.05) is 12.5 Å². The van der Waals surface area contributed by atoms with E-state index in [1.165, 1.54) is 25.0 Å². The zero-order valence-corrected chi connectivity index (χ0v) is 17.4. The second-order valence-corrected chi connectivity index (χ2v) is 8.74. The van der Waals surface area contributed by atoms with Gasteiger partial charge in [0.15, 0.2) is 5.69 Å². The molecule has 5 rings (SSSR count). The summed E-state index contributed by atoms with van der Waals surface area (Å²) in [6.07, 6.45) is 5.42. The maximum atomic E-state index is 13.6. The minimum absolute atomic E-state index is 0.00252. The Balaban J connectivity index is 1.56. The number of nitrogens with two attached hydrogens (primary N) is 1. The highest BCUT2D eigenvalue weighted by molar-refractivity contribution is 5.82. The van der Waals surface area contributed by atoms with Crippen LogP contribution in [-0.4, -0.2) is 38.5 Å². The molecule has 1 spiro atoms. The van der Waals surface area contributed by atoms with Crippen LogP contribution in [0.1, 0.15) is 43.5 Å². The highest BCUT2D eigenvalue weighted by atomic mass is 19.4. The van der Waals surface area contributed by atoms with Gasteiger partial charge in [-0.3, -0.25) is 9.38 Å². The Labute approximate surface area is 178 Å². The Kier molecular flexibility index (Phi) is 4.69. The highest BCUT2D eigenvalue weighted by Crippen LogP contribution is 2.46. The lowest BCUT2D eigenvalue weighted by Crippen LogP contribution is -2.47. The van der Waals surface area contributed by atoms with Crippen LogP contribution < -0.4 is 10.6 Å². The van der Waals surface area contributed by atoms with Crippen molar-refractivity contribution < 1.29 is 13.2 Å². The van der Waals surface area contributed by atoms with Gasteiger partial charge in [-0.05, 0) is 44.1 Å². The highest BCUT2D eigenvalue weighted by Gasteiger charge is 2.43. The Bertz CT molecular complexity index is 1110. The smallest absolute Gasteiger partial charge is 0.342 e. The van der Waals surface area contributed by atoms with Crippen LogP contribution in [-0.2, 0) is 6.18 Å². The summed E-state index contributed by atoms with van der Waals surface area (Å²) < 4.78 is 42.6. The van der Waals surface area contributed by atoms with Gasteiger partial charge in [0.1, 0.15) is 5.65 Å². The SMILES string of the molecule is Cc1nc(N2CCC3(CCC[C@H]3N)CC2)n2ccnc2c1-c1cccnc1C(F)(F)F. The predicted molar refractivity (Wildman–Crippen MR) is 112 cm³/mol. The minimum Gasteiger partial charge on any atom is -0.342 e. The predicted octanol–water partition coefficient (Wildman–Crippen LogP) is 4.22. The van der Waals surface area contributed by atoms with Crippen molar-refractivity contribution in [2.75, 3.05) is 18.0 Å². The number of aryl methyl sites for hydroxylation is 1. The minimum atomic E-state index is -4.56. The standard InChI is InChI=1S/C22H25F3N6/c1-14-17(15-4-3-9-27-18(15)22(23,24)25)19-28-10-13-31(19)20(29-14)30-11-7-21(8-12-30)6-2-5-16(21)26/h3-4,9-10,13,16H,2,5-8,11-12,26H2,1H3/t16-/m1/s1. The van der Waals surface area contributed by atoms with Gasteiger partial charge in [0.25, 0.3) is 0 Å². The van der Waals surface area contributed by atoms with Crippen LogP contribution in [0.15, 0.2) is 30.7 Å². The number of rotatable bonds is 2. The summed E-state index contributed by atoms with van der Waals surface area (Å²) in [4.78, 5) is 15.0. The third-order valence-electron chi connectivity index (χ3n) is 7.07. The monoisotopic (exact) mass is 430 g/mol. The van der Waals surface area contributed by atoms with Crippen molar-refractivity contribution in [3.8, 4) is 11.1 Å². The molecule has 1 saturated carbocycles. The molecule has 1 saturated heterocycles. The molecule has 0 unspecified atom stereocenters. The van der Waals surface area contributed by atoms with Crippen LogP contribution in [0.2, 0.25) is 0 Å². The molecule has 2 N–H and O–H groups in total. The third kappa shape index (κ3) is 3.26. The van der Waals surface area contributed by atoms with E-state index >= 15 is 0 Å². The summed E-state index contributed by atoms with van der Waals surface area (Å²) in [5.41, 5.74) is 7.03. The Morgan fingerprint density at radius 1 is 1.13 bits per heavy atom. The number of halogens is 3. The molecule has 164 valence electrons. The van der Waals surface area contributed by atoms with Crippen LogP contribution in [0, 0.1) is 12.3 Å². The molecule has 0 amide bonds. The quantitative estimate of drug-likeness (QED) is 0.659. The molecular weight excluding hydrogens is 405 g/mol. The zero-order chi connectivity index (χ0) is 21.8. The molecule has 31 heavy (non-hydrogen) atoms. The lowest BCUT2D eigenvalue weighted by atomic mass is 9.74. The molecule has 4 heterocycles. The number of anilines is 1. The number of hydrogen-bond acceptors (Lipinski definition) is 5. The van der Waals surface area contributed by atoms with Gasteiger partial charge < -0.3 is 10.6 Å². The first kappa shape index (κ1) is 20.2. The van der Waals surface area contributed by atoms with Gasteiger partial charge in [-0.25, -0.2) is 9.97 Å². The van der Waals surface area contributed by atoms with E-state index in [9.17, 15) is 13.2 Å². The number of alkyl halides is 3. The van der Waals surface area contributed by atoms with E-state index in [0.29, 0.717) is 22.9 Å². The van der Waals surface area contributed by atoms with Crippen molar-refractivity contribution in [3.05, 3.63) is 42.1 Å². The maximum Gasteiger partial charge on any atom is 0.433 e. The average molecular weight is 430 g/mol. The van der Waals surface area contributed by atoms with Crippen molar-refractivity contribution in [1.29, 1.82) is 0 Å². The topological polar surface area (TPSA) is 72.3 Å². The Morgan fingerprint density at radius 3 is 2.58 bits per heavy atom. The molecule has 0 aromatic carbocycles. The van der Waals surface area contributed by atoms with E-state index in [-0.39, 0.29) is 17.0 Å². The third-order valence-corrected chi connectivity index (χ3v) is 7.07. The molecule has 0 bridgehead atoms. The molecule has 6 nitrogen and oxygen atoms in total. The number of nitrogens with zero attached hydrogens (tertiary/aromatic N) is 5. The van der Waals surface area contributed by atoms with E-state index in [4.69, 9.17) is 10.7 Å². The molecule has 2 aliphatic rings. The first-order chi connectivity index (χ1) is 14.8. The van der Waals surface area contributed by atoms with Crippen molar-refractivity contribution in [2.45, 2.75) is 51.2 Å². The summed E-state index contributed by atoms with van der Waals surface area (Å²) in [6, 6.07) is 3.19. The van der Waals surface area contributed by atoms with Crippen molar-refractivity contribution >= 4 is 11.6 Å². The molecular formula is C22H25F3N6. The number of pyridine rings is 1. The van der Waals surface area contributed by atoms with Gasteiger partial charge in [0, 0.05) is 48.8 Å². The number of aromatic nitrogens is 4. The van der Waals surface area contributed by atoms with E-state index in [1.54, 1.807) is 23.7 Å². The molecule has 1 atom stereocenters. The van der Waals surface area contributed by atoms with Crippen molar-refractivity contribution in [2.24, 2.45) is 11.1 Å². The van der Waals surface area contributed by atoms with Gasteiger partial charge in [-0.2, -0.15) is 13.2 Å². The maximum absolute atomic E-state index is 13.6. The fourth-order valence-corrected chi connectivity index (χ4v) is 5.38. The van der Waals surface area contributed by atoms with Crippen LogP contribution in [0.3, 0.4) is 0 Å². The number of hydrogen-bond donors (Lipinski definition) is 1. The molecule has 1 aliphatic heterocycles. The van der Waals surface area contributed by atoms with Gasteiger partial charge >= 0.3 is 6.18 Å². The summed E-state index contributed by atoms with van der Waals surface area (Å²) in [5.74, 6) is 0.715. The summed E-state index contributed by atoms with van der Waals surface area (Å²) in [7, 11) is 0. The number of fused-ring (bicyclic) bond motifs is 1. The van der Waals surface area contributed by atoms with Crippen LogP contribution in [0.5, 0.6) is 0 Å². The lowest BCUT2D eigenvalue weighted by molar-refractivity contribution is -0.140. The van der Waals surface area contributed by atoms with Gasteiger partial charge in [0.05, 0.1) is 5.69 Å². The van der Waals surface area contributed by atoms with Crippen LogP contribution in [0.4, 0.5) is 19.1 Å². The molecule has 9 heteroatoms. The van der Waals surface area contributed by atoms with Gasteiger partial charge in [-0.15, -0.1) is 0 Å². The van der Waals surface area contributed by atoms with Crippen molar-refractivity contribution in [3.63, 3.8) is 0 Å². The first-order valence-electron chi connectivity index (χ1n) is 10.7. The molecule has 3 aromatic rings. The number of piperidine rings is 1. The summed E-state index contributed by atoms with van der Waals surface area (Å²) in [5, 5.41) is 0. The second-order valence-electron chi connectivity index (χ2n) is 8.74. The van der Waals surface area contributed by atoms with Gasteiger partial charge in [0.2, 0.25) is 5.95 Å². The fourth-order valence-electron chi connectivity index (χ4n) is 5.38. The average Bonchev–Trinajstić information content (AvgIpc) is 3.35. The van der Waals surface area contributed by atoms with E-state index in [1.807, 2.05) is 0 Å². The fraction of sp³-hybridized carbons (Fsp3) is 0.500. The Morgan fingerprint density at radius 2 is 1.90 bits per heavy atom. The number of imidazole rings is 1. The van der Waals surface area contributed by atoms with E-state index in [0.717, 1.165) is 38.5 Å². The van der Waals surface area contributed by atoms with E-state index in [2.05, 4.69) is 14.9 Å². The second kappa shape index (κ2) is 7.19. The normalized spacial score (nSPS) is 21.3. The first-order valence-corrected chi connectivity index (χ1v) is 10.7. The molecule has 2 fully saturated rings. The lowest BCUT2D eigenvalue weighted by Gasteiger charge is -2.42. The molecule has 0 radical (unpaired) electrons. The van der Waals surface area contributed by atoms with E-state index < -0.39 is 11.9 Å².